The Labute approximate surface area is 136 Å². The van der Waals surface area contributed by atoms with Crippen molar-refractivity contribution >= 4 is 21.6 Å². The summed E-state index contributed by atoms with van der Waals surface area (Å²) < 4.78 is 22.6. The van der Waals surface area contributed by atoms with E-state index in [1.54, 1.807) is 12.1 Å². The molecule has 0 saturated heterocycles. The van der Waals surface area contributed by atoms with Gasteiger partial charge in [-0.2, -0.15) is 0 Å². The van der Waals surface area contributed by atoms with Gasteiger partial charge in [-0.3, -0.25) is 4.90 Å². The van der Waals surface area contributed by atoms with Gasteiger partial charge >= 0.3 is 0 Å². The summed E-state index contributed by atoms with van der Waals surface area (Å²) in [6.45, 7) is 2.81. The molecular weight excluding hydrogens is 320 g/mol. The van der Waals surface area contributed by atoms with Gasteiger partial charge in [-0.25, -0.2) is 13.6 Å². The van der Waals surface area contributed by atoms with Crippen LogP contribution in [0.2, 0.25) is 5.02 Å². The highest BCUT2D eigenvalue weighted by Gasteiger charge is 2.14. The van der Waals surface area contributed by atoms with Crippen LogP contribution in [0.3, 0.4) is 0 Å². The third kappa shape index (κ3) is 4.30. The molecule has 2 N–H and O–H groups in total. The van der Waals surface area contributed by atoms with Crippen LogP contribution in [0.15, 0.2) is 53.4 Å². The van der Waals surface area contributed by atoms with Gasteiger partial charge in [-0.05, 0) is 49.4 Å². The molecule has 0 saturated carbocycles. The maximum absolute atomic E-state index is 11.3. The van der Waals surface area contributed by atoms with E-state index in [1.807, 2.05) is 31.3 Å². The fourth-order valence-electron chi connectivity index (χ4n) is 2.25. The Morgan fingerprint density at radius 1 is 1.18 bits per heavy atom. The zero-order chi connectivity index (χ0) is 16.3. The third-order valence-corrected chi connectivity index (χ3v) is 4.84. The Bertz CT molecular complexity index is 745. The molecule has 0 amide bonds. The van der Waals surface area contributed by atoms with Crippen LogP contribution in [-0.2, 0) is 16.6 Å². The fourth-order valence-corrected chi connectivity index (χ4v) is 2.98. The zero-order valence-electron chi connectivity index (χ0n) is 12.5. The van der Waals surface area contributed by atoms with Crippen LogP contribution in [0.4, 0.5) is 0 Å². The fraction of sp³-hybridized carbons (Fsp3) is 0.250. The highest BCUT2D eigenvalue weighted by molar-refractivity contribution is 7.89. The molecule has 2 rings (SSSR count). The molecule has 0 aliphatic heterocycles. The Morgan fingerprint density at radius 2 is 1.82 bits per heavy atom. The molecular formula is C16H19ClN2O2S. The van der Waals surface area contributed by atoms with Crippen molar-refractivity contribution in [3.63, 3.8) is 0 Å². The summed E-state index contributed by atoms with van der Waals surface area (Å²) in [6, 6.07) is 14.5. The minimum Gasteiger partial charge on any atom is -0.295 e. The van der Waals surface area contributed by atoms with Crippen molar-refractivity contribution in [3.05, 3.63) is 64.7 Å². The van der Waals surface area contributed by atoms with Crippen molar-refractivity contribution in [1.29, 1.82) is 0 Å². The van der Waals surface area contributed by atoms with Gasteiger partial charge in [0.25, 0.3) is 0 Å². The molecule has 0 heterocycles. The second-order valence-corrected chi connectivity index (χ2v) is 7.33. The van der Waals surface area contributed by atoms with Crippen LogP contribution in [0.1, 0.15) is 24.1 Å². The average Bonchev–Trinajstić information content (AvgIpc) is 2.45. The molecule has 0 bridgehead atoms. The lowest BCUT2D eigenvalue weighted by Crippen LogP contribution is -2.22. The molecule has 2 aromatic carbocycles. The summed E-state index contributed by atoms with van der Waals surface area (Å²) in [5, 5.41) is 5.83. The van der Waals surface area contributed by atoms with Crippen LogP contribution in [0.25, 0.3) is 0 Å². The molecule has 0 radical (unpaired) electrons. The van der Waals surface area contributed by atoms with E-state index in [-0.39, 0.29) is 10.9 Å². The normalized spacial score (nSPS) is 13.3. The van der Waals surface area contributed by atoms with E-state index in [0.717, 1.165) is 22.7 Å². The lowest BCUT2D eigenvalue weighted by molar-refractivity contribution is 0.253. The summed E-state index contributed by atoms with van der Waals surface area (Å²) in [5.41, 5.74) is 2.15. The second kappa shape index (κ2) is 6.79. The second-order valence-electron chi connectivity index (χ2n) is 5.34. The van der Waals surface area contributed by atoms with E-state index in [0.29, 0.717) is 0 Å². The lowest BCUT2D eigenvalue weighted by atomic mass is 10.1. The number of hydrogen-bond acceptors (Lipinski definition) is 3. The first-order valence-corrected chi connectivity index (χ1v) is 8.77. The molecule has 0 unspecified atom stereocenters. The number of halogens is 1. The smallest absolute Gasteiger partial charge is 0.238 e. The maximum atomic E-state index is 11.3. The van der Waals surface area contributed by atoms with E-state index in [1.165, 1.54) is 12.1 Å². The highest BCUT2D eigenvalue weighted by Crippen LogP contribution is 2.22. The SMILES string of the molecule is C[C@@H](c1ccc(S(N)(=O)=O)cc1)N(C)Cc1cccc(Cl)c1. The van der Waals surface area contributed by atoms with Crippen molar-refractivity contribution < 1.29 is 8.42 Å². The molecule has 6 heteroatoms. The van der Waals surface area contributed by atoms with E-state index in [4.69, 9.17) is 16.7 Å². The summed E-state index contributed by atoms with van der Waals surface area (Å²) in [4.78, 5) is 2.29. The van der Waals surface area contributed by atoms with Crippen molar-refractivity contribution in [3.8, 4) is 0 Å². The van der Waals surface area contributed by atoms with E-state index < -0.39 is 10.0 Å². The number of rotatable bonds is 5. The minimum atomic E-state index is -3.65. The number of primary sulfonamides is 1. The molecule has 22 heavy (non-hydrogen) atoms. The quantitative estimate of drug-likeness (QED) is 0.910. The van der Waals surface area contributed by atoms with E-state index >= 15 is 0 Å². The monoisotopic (exact) mass is 338 g/mol. The van der Waals surface area contributed by atoms with Gasteiger partial charge in [-0.1, -0.05) is 35.9 Å². The number of nitrogens with two attached hydrogens (primary N) is 1. The van der Waals surface area contributed by atoms with Crippen LogP contribution < -0.4 is 5.14 Å². The molecule has 0 aliphatic rings. The Kier molecular flexibility index (Phi) is 5.24. The summed E-state index contributed by atoms with van der Waals surface area (Å²) in [6.07, 6.45) is 0. The van der Waals surface area contributed by atoms with Gasteiger partial charge in [0.15, 0.2) is 0 Å². The number of benzene rings is 2. The van der Waals surface area contributed by atoms with Crippen molar-refractivity contribution in [2.24, 2.45) is 5.14 Å². The van der Waals surface area contributed by atoms with Crippen molar-refractivity contribution in [2.45, 2.75) is 24.4 Å². The molecule has 1 atom stereocenters. The van der Waals surface area contributed by atoms with E-state index in [9.17, 15) is 8.42 Å². The van der Waals surface area contributed by atoms with Gasteiger partial charge in [-0.15, -0.1) is 0 Å². The van der Waals surface area contributed by atoms with Crippen LogP contribution in [0.5, 0.6) is 0 Å². The number of sulfonamides is 1. The Hall–Kier alpha value is -1.40. The third-order valence-electron chi connectivity index (χ3n) is 3.67. The molecule has 2 aromatic rings. The highest BCUT2D eigenvalue weighted by atomic mass is 35.5. The Morgan fingerprint density at radius 3 is 2.36 bits per heavy atom. The topological polar surface area (TPSA) is 63.4 Å². The first kappa shape index (κ1) is 17.0. The zero-order valence-corrected chi connectivity index (χ0v) is 14.1. The largest absolute Gasteiger partial charge is 0.295 e. The number of hydrogen-bond donors (Lipinski definition) is 1. The molecule has 4 nitrogen and oxygen atoms in total. The van der Waals surface area contributed by atoms with Crippen LogP contribution in [-0.4, -0.2) is 20.4 Å². The van der Waals surface area contributed by atoms with Crippen molar-refractivity contribution in [2.75, 3.05) is 7.05 Å². The standard InChI is InChI=1S/C16H19ClN2O2S/c1-12(14-6-8-16(9-7-14)22(18,20)21)19(2)11-13-4-3-5-15(17)10-13/h3-10,12H,11H2,1-2H3,(H2,18,20,21)/t12-/m0/s1. The minimum absolute atomic E-state index is 0.126. The summed E-state index contributed by atoms with van der Waals surface area (Å²) >= 11 is 6.00. The Balaban J connectivity index is 2.12. The van der Waals surface area contributed by atoms with Gasteiger partial charge in [0, 0.05) is 17.6 Å². The van der Waals surface area contributed by atoms with E-state index in [2.05, 4.69) is 11.8 Å². The summed E-state index contributed by atoms with van der Waals surface area (Å²) in [5.74, 6) is 0. The van der Waals surface area contributed by atoms with Gasteiger partial charge in [0.2, 0.25) is 10.0 Å². The first-order chi connectivity index (χ1) is 10.3. The molecule has 0 spiro atoms. The lowest BCUT2D eigenvalue weighted by Gasteiger charge is -2.25. The average molecular weight is 339 g/mol. The molecule has 0 aliphatic carbocycles. The summed E-state index contributed by atoms with van der Waals surface area (Å²) in [7, 11) is -1.63. The molecule has 0 fully saturated rings. The predicted molar refractivity (Wildman–Crippen MR) is 89.1 cm³/mol. The molecule has 118 valence electrons. The molecule has 0 aromatic heterocycles. The van der Waals surface area contributed by atoms with Gasteiger partial charge < -0.3 is 0 Å². The first-order valence-electron chi connectivity index (χ1n) is 6.85. The van der Waals surface area contributed by atoms with Gasteiger partial charge in [0.1, 0.15) is 0 Å². The van der Waals surface area contributed by atoms with Crippen LogP contribution >= 0.6 is 11.6 Å². The van der Waals surface area contributed by atoms with Gasteiger partial charge in [0.05, 0.1) is 4.90 Å². The van der Waals surface area contributed by atoms with Crippen molar-refractivity contribution in [1.82, 2.24) is 4.90 Å². The maximum Gasteiger partial charge on any atom is 0.238 e. The number of nitrogens with zero attached hydrogens (tertiary/aromatic N) is 1. The van der Waals surface area contributed by atoms with Crippen LogP contribution in [0, 0.1) is 0 Å². The predicted octanol–water partition coefficient (Wildman–Crippen LogP) is 3.18.